The van der Waals surface area contributed by atoms with E-state index in [-0.39, 0.29) is 0 Å². The molecule has 0 saturated carbocycles. The molecule has 0 fully saturated rings. The molecular formula is C19H25ClN4S. The smallest absolute Gasteiger partial charge is 0.133 e. The summed E-state index contributed by atoms with van der Waals surface area (Å²) in [4.78, 5) is 3.87. The average molecular weight is 377 g/mol. The Morgan fingerprint density at radius 3 is 2.84 bits per heavy atom. The summed E-state index contributed by atoms with van der Waals surface area (Å²) in [5.74, 6) is 2.39. The number of nitrogens with zero attached hydrogens (tertiary/aromatic N) is 4. The van der Waals surface area contributed by atoms with Crippen LogP contribution in [0.5, 0.6) is 0 Å². The van der Waals surface area contributed by atoms with E-state index in [9.17, 15) is 0 Å². The van der Waals surface area contributed by atoms with Gasteiger partial charge >= 0.3 is 0 Å². The molecule has 25 heavy (non-hydrogen) atoms. The summed E-state index contributed by atoms with van der Waals surface area (Å²) in [6.45, 7) is 4.43. The first-order chi connectivity index (χ1) is 12.3. The highest BCUT2D eigenvalue weighted by atomic mass is 35.5. The van der Waals surface area contributed by atoms with E-state index in [0.29, 0.717) is 0 Å². The van der Waals surface area contributed by atoms with E-state index in [1.807, 2.05) is 6.07 Å². The van der Waals surface area contributed by atoms with Crippen molar-refractivity contribution in [3.63, 3.8) is 0 Å². The van der Waals surface area contributed by atoms with Gasteiger partial charge in [0.25, 0.3) is 0 Å². The van der Waals surface area contributed by atoms with Gasteiger partial charge in [-0.3, -0.25) is 4.90 Å². The first kappa shape index (κ1) is 17.3. The van der Waals surface area contributed by atoms with Crippen molar-refractivity contribution in [3.05, 3.63) is 39.1 Å². The van der Waals surface area contributed by atoms with Crippen LogP contribution in [-0.4, -0.2) is 39.3 Å². The number of thiophene rings is 1. The zero-order valence-corrected chi connectivity index (χ0v) is 16.2. The number of halogens is 1. The Morgan fingerprint density at radius 1 is 1.08 bits per heavy atom. The van der Waals surface area contributed by atoms with E-state index in [1.165, 1.54) is 41.4 Å². The van der Waals surface area contributed by atoms with E-state index in [2.05, 4.69) is 31.8 Å². The molecule has 2 aliphatic rings. The third-order valence-electron chi connectivity index (χ3n) is 5.24. The van der Waals surface area contributed by atoms with Gasteiger partial charge < -0.3 is 4.57 Å². The third kappa shape index (κ3) is 4.15. The van der Waals surface area contributed by atoms with Crippen LogP contribution >= 0.6 is 22.9 Å². The van der Waals surface area contributed by atoms with Crippen LogP contribution in [0.4, 0.5) is 0 Å². The van der Waals surface area contributed by atoms with Crippen molar-refractivity contribution in [1.82, 2.24) is 19.7 Å². The zero-order chi connectivity index (χ0) is 17.1. The highest BCUT2D eigenvalue weighted by molar-refractivity contribution is 7.17. The fourth-order valence-electron chi connectivity index (χ4n) is 3.82. The summed E-state index contributed by atoms with van der Waals surface area (Å²) in [5.41, 5.74) is 1.45. The quantitative estimate of drug-likeness (QED) is 0.773. The molecular weight excluding hydrogens is 352 g/mol. The summed E-state index contributed by atoms with van der Waals surface area (Å²) in [5, 5.41) is 8.86. The number of rotatable bonds is 5. The molecule has 0 aromatic carbocycles. The normalized spacial score (nSPS) is 18.7. The van der Waals surface area contributed by atoms with Crippen LogP contribution in [0.3, 0.4) is 0 Å². The predicted molar refractivity (Wildman–Crippen MR) is 104 cm³/mol. The summed E-state index contributed by atoms with van der Waals surface area (Å²) in [6.07, 6.45) is 10.6. The van der Waals surface area contributed by atoms with E-state index < -0.39 is 0 Å². The van der Waals surface area contributed by atoms with Gasteiger partial charge in [-0.25, -0.2) is 0 Å². The van der Waals surface area contributed by atoms with Crippen LogP contribution in [0.2, 0.25) is 4.34 Å². The third-order valence-corrected chi connectivity index (χ3v) is 6.55. The molecule has 0 N–H and O–H groups in total. The molecule has 2 aromatic heterocycles. The van der Waals surface area contributed by atoms with Crippen LogP contribution in [0.1, 0.15) is 48.6 Å². The van der Waals surface area contributed by atoms with Gasteiger partial charge in [0, 0.05) is 37.4 Å². The van der Waals surface area contributed by atoms with Gasteiger partial charge in [0.2, 0.25) is 0 Å². The molecule has 2 aliphatic heterocycles. The van der Waals surface area contributed by atoms with Gasteiger partial charge in [-0.2, -0.15) is 0 Å². The van der Waals surface area contributed by atoms with Gasteiger partial charge in [0.15, 0.2) is 0 Å². The van der Waals surface area contributed by atoms with Crippen LogP contribution in [-0.2, 0) is 19.4 Å². The lowest BCUT2D eigenvalue weighted by atomic mass is 10.1. The Labute approximate surface area is 158 Å². The lowest BCUT2D eigenvalue weighted by Gasteiger charge is -2.25. The molecule has 2 aromatic rings. The van der Waals surface area contributed by atoms with Crippen molar-refractivity contribution in [2.45, 2.75) is 51.5 Å². The molecule has 0 amide bonds. The number of aromatic nitrogens is 3. The van der Waals surface area contributed by atoms with E-state index in [1.54, 1.807) is 11.3 Å². The monoisotopic (exact) mass is 376 g/mol. The minimum Gasteiger partial charge on any atom is -0.315 e. The van der Waals surface area contributed by atoms with Crippen molar-refractivity contribution in [1.29, 1.82) is 0 Å². The van der Waals surface area contributed by atoms with Gasteiger partial charge in [0.1, 0.15) is 11.6 Å². The van der Waals surface area contributed by atoms with Crippen molar-refractivity contribution in [2.24, 2.45) is 0 Å². The SMILES string of the molecule is Clc1ccc(C2=CCN(CCCc3nnc4n3CCCCC4)CC2)s1. The first-order valence-electron chi connectivity index (χ1n) is 9.37. The molecule has 0 unspecified atom stereocenters. The molecule has 6 heteroatoms. The molecule has 0 aliphatic carbocycles. The van der Waals surface area contributed by atoms with Crippen molar-refractivity contribution >= 4 is 28.5 Å². The molecule has 4 heterocycles. The minimum atomic E-state index is 0.880. The molecule has 0 bridgehead atoms. The number of hydrogen-bond donors (Lipinski definition) is 0. The van der Waals surface area contributed by atoms with E-state index >= 15 is 0 Å². The second kappa shape index (κ2) is 8.02. The number of fused-ring (bicyclic) bond motifs is 1. The lowest BCUT2D eigenvalue weighted by Crippen LogP contribution is -2.29. The van der Waals surface area contributed by atoms with Crippen LogP contribution in [0.25, 0.3) is 5.57 Å². The summed E-state index contributed by atoms with van der Waals surface area (Å²) < 4.78 is 3.26. The molecule has 0 atom stereocenters. The fourth-order valence-corrected chi connectivity index (χ4v) is 4.93. The van der Waals surface area contributed by atoms with Gasteiger partial charge in [-0.05, 0) is 49.9 Å². The van der Waals surface area contributed by atoms with Gasteiger partial charge in [0.05, 0.1) is 4.34 Å². The Kier molecular flexibility index (Phi) is 5.54. The molecule has 0 saturated heterocycles. The largest absolute Gasteiger partial charge is 0.315 e. The minimum absolute atomic E-state index is 0.880. The van der Waals surface area contributed by atoms with E-state index in [4.69, 9.17) is 11.6 Å². The Hall–Kier alpha value is -1.17. The van der Waals surface area contributed by atoms with Crippen LogP contribution < -0.4 is 0 Å². The first-order valence-corrected chi connectivity index (χ1v) is 10.6. The maximum atomic E-state index is 6.05. The number of aryl methyl sites for hydroxylation is 2. The summed E-state index contributed by atoms with van der Waals surface area (Å²) in [7, 11) is 0. The summed E-state index contributed by atoms with van der Waals surface area (Å²) in [6, 6.07) is 4.14. The van der Waals surface area contributed by atoms with Crippen LogP contribution in [0, 0.1) is 0 Å². The van der Waals surface area contributed by atoms with Crippen molar-refractivity contribution in [3.8, 4) is 0 Å². The zero-order valence-electron chi connectivity index (χ0n) is 14.6. The molecule has 4 rings (SSSR count). The van der Waals surface area contributed by atoms with Gasteiger partial charge in [-0.15, -0.1) is 21.5 Å². The predicted octanol–water partition coefficient (Wildman–Crippen LogP) is 4.44. The summed E-state index contributed by atoms with van der Waals surface area (Å²) >= 11 is 7.74. The average Bonchev–Trinajstić information content (AvgIpc) is 3.15. The topological polar surface area (TPSA) is 34.0 Å². The molecule has 0 spiro atoms. The highest BCUT2D eigenvalue weighted by Crippen LogP contribution is 2.31. The molecule has 4 nitrogen and oxygen atoms in total. The maximum absolute atomic E-state index is 6.05. The van der Waals surface area contributed by atoms with E-state index in [0.717, 1.165) is 56.2 Å². The standard InChI is InChI=1S/C19H25ClN4S/c20-17-8-7-16(25-17)15-9-13-23(14-10-15)11-4-6-19-22-21-18-5-2-1-3-12-24(18)19/h7-9H,1-6,10-14H2. The maximum Gasteiger partial charge on any atom is 0.133 e. The Morgan fingerprint density at radius 2 is 2.04 bits per heavy atom. The highest BCUT2D eigenvalue weighted by Gasteiger charge is 2.16. The molecule has 134 valence electrons. The van der Waals surface area contributed by atoms with Gasteiger partial charge in [-0.1, -0.05) is 24.1 Å². The second-order valence-corrected chi connectivity index (χ2v) is 8.70. The Balaban J connectivity index is 1.27. The number of hydrogen-bond acceptors (Lipinski definition) is 4. The Bertz CT molecular complexity index is 748. The molecule has 0 radical (unpaired) electrons. The fraction of sp³-hybridized carbons (Fsp3) is 0.579. The van der Waals surface area contributed by atoms with Crippen molar-refractivity contribution in [2.75, 3.05) is 19.6 Å². The van der Waals surface area contributed by atoms with Crippen LogP contribution in [0.15, 0.2) is 18.2 Å². The lowest BCUT2D eigenvalue weighted by molar-refractivity contribution is 0.296. The second-order valence-electron chi connectivity index (χ2n) is 6.98. The van der Waals surface area contributed by atoms with Crippen molar-refractivity contribution < 1.29 is 0 Å².